The third kappa shape index (κ3) is 3.32. The Morgan fingerprint density at radius 3 is 2.80 bits per heavy atom. The van der Waals surface area contributed by atoms with E-state index in [2.05, 4.69) is 45.5 Å². The largest absolute Gasteiger partial charge is 0.443 e. The topological polar surface area (TPSA) is 52.5 Å². The lowest BCUT2D eigenvalue weighted by Gasteiger charge is -2.36. The molecule has 3 unspecified atom stereocenters. The van der Waals surface area contributed by atoms with Gasteiger partial charge in [0.1, 0.15) is 5.60 Å². The molecule has 0 amide bonds. The van der Waals surface area contributed by atoms with Gasteiger partial charge in [-0.1, -0.05) is 34.1 Å². The summed E-state index contributed by atoms with van der Waals surface area (Å²) in [5.41, 5.74) is 3.69. The van der Waals surface area contributed by atoms with E-state index in [1.165, 1.54) is 5.56 Å². The highest BCUT2D eigenvalue weighted by atomic mass is 79.9. The molecule has 156 valence electrons. The van der Waals surface area contributed by atoms with E-state index in [1.807, 2.05) is 45.2 Å². The van der Waals surface area contributed by atoms with Crippen molar-refractivity contribution in [3.05, 3.63) is 64.3 Å². The number of hydrogen-bond acceptors (Lipinski definition) is 4. The number of carbonyl (C=O) groups is 1. The third-order valence-corrected chi connectivity index (χ3v) is 6.36. The second-order valence-corrected chi connectivity index (χ2v) is 9.97. The molecule has 0 saturated carbocycles. The van der Waals surface area contributed by atoms with Crippen molar-refractivity contribution in [3.63, 3.8) is 0 Å². The van der Waals surface area contributed by atoms with E-state index in [4.69, 9.17) is 9.47 Å². The van der Waals surface area contributed by atoms with Gasteiger partial charge in [-0.3, -0.25) is 4.57 Å². The summed E-state index contributed by atoms with van der Waals surface area (Å²) in [4.78, 5) is 13.0. The number of halogens is 1. The molecule has 2 aliphatic heterocycles. The zero-order valence-electron chi connectivity index (χ0n) is 17.3. The molecule has 5 rings (SSSR count). The second-order valence-electron chi connectivity index (χ2n) is 9.05. The SMILES string of the molecule is CC(C)(C)OC(=O)n1cc(C2Nc3ccccc3C3OCCC23)c2cc(Br)ccc21. The Balaban J connectivity index is 1.64. The van der Waals surface area contributed by atoms with Crippen molar-refractivity contribution >= 4 is 38.6 Å². The summed E-state index contributed by atoms with van der Waals surface area (Å²) in [5.74, 6) is 0.302. The van der Waals surface area contributed by atoms with Crippen molar-refractivity contribution in [1.29, 1.82) is 0 Å². The first kappa shape index (κ1) is 19.6. The van der Waals surface area contributed by atoms with Crippen LogP contribution >= 0.6 is 15.9 Å². The number of benzene rings is 2. The first-order chi connectivity index (χ1) is 14.3. The molecule has 3 aromatic rings. The summed E-state index contributed by atoms with van der Waals surface area (Å²) in [7, 11) is 0. The number of nitrogens with zero attached hydrogens (tertiary/aromatic N) is 1. The standard InChI is InChI=1S/C24H25BrN2O3/c1-24(2,3)30-23(28)27-13-18(17-12-14(25)8-9-20(17)27)21-16-10-11-29-22(16)15-6-4-5-7-19(15)26-21/h4-9,12-13,16,21-22,26H,10-11H2,1-3H3. The summed E-state index contributed by atoms with van der Waals surface area (Å²) in [5, 5.41) is 4.78. The minimum atomic E-state index is -0.560. The molecule has 2 aliphatic rings. The van der Waals surface area contributed by atoms with E-state index in [0.717, 1.165) is 39.7 Å². The fourth-order valence-electron chi connectivity index (χ4n) is 4.67. The van der Waals surface area contributed by atoms with Gasteiger partial charge >= 0.3 is 6.09 Å². The van der Waals surface area contributed by atoms with E-state index < -0.39 is 5.60 Å². The van der Waals surface area contributed by atoms with E-state index >= 15 is 0 Å². The van der Waals surface area contributed by atoms with Crippen LogP contribution in [0.2, 0.25) is 0 Å². The van der Waals surface area contributed by atoms with E-state index in [9.17, 15) is 4.79 Å². The van der Waals surface area contributed by atoms with Crippen molar-refractivity contribution in [1.82, 2.24) is 4.57 Å². The van der Waals surface area contributed by atoms with Gasteiger partial charge in [-0.25, -0.2) is 4.79 Å². The van der Waals surface area contributed by atoms with Crippen molar-refractivity contribution in [3.8, 4) is 0 Å². The number of carbonyl (C=O) groups excluding carboxylic acids is 1. The minimum absolute atomic E-state index is 0.0490. The van der Waals surface area contributed by atoms with Crippen molar-refractivity contribution in [2.24, 2.45) is 5.92 Å². The van der Waals surface area contributed by atoms with E-state index in [1.54, 1.807) is 4.57 Å². The van der Waals surface area contributed by atoms with Gasteiger partial charge in [0.15, 0.2) is 0 Å². The Morgan fingerprint density at radius 2 is 2.00 bits per heavy atom. The lowest BCUT2D eigenvalue weighted by atomic mass is 9.81. The molecule has 0 spiro atoms. The van der Waals surface area contributed by atoms with Crippen LogP contribution in [0.5, 0.6) is 0 Å². The third-order valence-electron chi connectivity index (χ3n) is 5.87. The number of para-hydroxylation sites is 1. The Kier molecular flexibility index (Phi) is 4.67. The highest BCUT2D eigenvalue weighted by molar-refractivity contribution is 9.10. The molecule has 1 aromatic heterocycles. The molecule has 0 bridgehead atoms. The monoisotopic (exact) mass is 468 g/mol. The quantitative estimate of drug-likeness (QED) is 0.446. The Labute approximate surface area is 184 Å². The maximum absolute atomic E-state index is 13.0. The van der Waals surface area contributed by atoms with Gasteiger partial charge < -0.3 is 14.8 Å². The first-order valence-corrected chi connectivity index (χ1v) is 11.1. The number of nitrogens with one attached hydrogen (secondary N) is 1. The van der Waals surface area contributed by atoms with Crippen LogP contribution in [-0.4, -0.2) is 22.9 Å². The fraction of sp³-hybridized carbons (Fsp3) is 0.375. The molecule has 1 N–H and O–H groups in total. The molecule has 0 aliphatic carbocycles. The Morgan fingerprint density at radius 1 is 1.20 bits per heavy atom. The van der Waals surface area contributed by atoms with Crippen LogP contribution in [0.4, 0.5) is 10.5 Å². The minimum Gasteiger partial charge on any atom is -0.443 e. The average molecular weight is 469 g/mol. The number of fused-ring (bicyclic) bond motifs is 4. The predicted octanol–water partition coefficient (Wildman–Crippen LogP) is 6.43. The van der Waals surface area contributed by atoms with Gasteiger partial charge in [0.05, 0.1) is 17.7 Å². The molecule has 1 fully saturated rings. The molecule has 5 nitrogen and oxygen atoms in total. The van der Waals surface area contributed by atoms with Crippen LogP contribution in [-0.2, 0) is 9.47 Å². The number of ether oxygens (including phenoxy) is 2. The molecule has 6 heteroatoms. The fourth-order valence-corrected chi connectivity index (χ4v) is 5.03. The van der Waals surface area contributed by atoms with Gasteiger partial charge in [0.25, 0.3) is 0 Å². The summed E-state index contributed by atoms with van der Waals surface area (Å²) in [6.07, 6.45) is 2.62. The summed E-state index contributed by atoms with van der Waals surface area (Å²) in [6, 6.07) is 14.4. The van der Waals surface area contributed by atoms with Gasteiger partial charge in [-0.2, -0.15) is 0 Å². The summed E-state index contributed by atoms with van der Waals surface area (Å²) >= 11 is 3.60. The molecular weight excluding hydrogens is 444 g/mol. The molecule has 2 aromatic carbocycles. The van der Waals surface area contributed by atoms with Crippen LogP contribution in [0, 0.1) is 5.92 Å². The molecular formula is C24H25BrN2O3. The smallest absolute Gasteiger partial charge is 0.419 e. The second kappa shape index (κ2) is 7.13. The predicted molar refractivity (Wildman–Crippen MR) is 121 cm³/mol. The van der Waals surface area contributed by atoms with E-state index in [-0.39, 0.29) is 18.2 Å². The Bertz CT molecular complexity index is 1130. The lowest BCUT2D eigenvalue weighted by molar-refractivity contribution is 0.0544. The molecule has 3 atom stereocenters. The molecule has 0 radical (unpaired) electrons. The normalized spacial score (nSPS) is 23.0. The van der Waals surface area contributed by atoms with Gasteiger partial charge in [0, 0.05) is 45.4 Å². The molecule has 3 heterocycles. The van der Waals surface area contributed by atoms with Crippen LogP contribution in [0.3, 0.4) is 0 Å². The molecule has 30 heavy (non-hydrogen) atoms. The first-order valence-electron chi connectivity index (χ1n) is 10.3. The molecule has 1 saturated heterocycles. The number of aromatic nitrogens is 1. The summed E-state index contributed by atoms with van der Waals surface area (Å²) in [6.45, 7) is 6.40. The maximum atomic E-state index is 13.0. The van der Waals surface area contributed by atoms with Crippen LogP contribution < -0.4 is 5.32 Å². The van der Waals surface area contributed by atoms with Crippen LogP contribution in [0.25, 0.3) is 10.9 Å². The Hall–Kier alpha value is -2.31. The highest BCUT2D eigenvalue weighted by Gasteiger charge is 2.42. The van der Waals surface area contributed by atoms with Crippen LogP contribution in [0.1, 0.15) is 50.5 Å². The average Bonchev–Trinajstić information content (AvgIpc) is 3.31. The number of rotatable bonds is 1. The van der Waals surface area contributed by atoms with Crippen molar-refractivity contribution in [2.75, 3.05) is 11.9 Å². The zero-order valence-corrected chi connectivity index (χ0v) is 18.9. The van der Waals surface area contributed by atoms with E-state index in [0.29, 0.717) is 5.92 Å². The maximum Gasteiger partial charge on any atom is 0.419 e. The highest BCUT2D eigenvalue weighted by Crippen LogP contribution is 2.51. The number of hydrogen-bond donors (Lipinski definition) is 1. The van der Waals surface area contributed by atoms with Gasteiger partial charge in [0.2, 0.25) is 0 Å². The number of anilines is 1. The van der Waals surface area contributed by atoms with Crippen LogP contribution in [0.15, 0.2) is 53.1 Å². The summed E-state index contributed by atoms with van der Waals surface area (Å²) < 4.78 is 14.4. The van der Waals surface area contributed by atoms with Crippen molar-refractivity contribution < 1.29 is 14.3 Å². The lowest BCUT2D eigenvalue weighted by Crippen LogP contribution is -2.29. The van der Waals surface area contributed by atoms with Gasteiger partial charge in [-0.05, 0) is 51.5 Å². The van der Waals surface area contributed by atoms with Crippen molar-refractivity contribution in [2.45, 2.75) is 44.9 Å². The van der Waals surface area contributed by atoms with Gasteiger partial charge in [-0.15, -0.1) is 0 Å². The zero-order chi connectivity index (χ0) is 21.0.